The van der Waals surface area contributed by atoms with E-state index in [1.807, 2.05) is 36.4 Å². The topological polar surface area (TPSA) is 73.9 Å². The maximum absolute atomic E-state index is 5.65. The van der Waals surface area contributed by atoms with Crippen molar-refractivity contribution in [3.8, 4) is 17.3 Å². The summed E-state index contributed by atoms with van der Waals surface area (Å²) in [7, 11) is 1.54. The summed E-state index contributed by atoms with van der Waals surface area (Å²) < 4.78 is 5.09. The van der Waals surface area contributed by atoms with E-state index in [9.17, 15) is 0 Å². The molecule has 2 N–H and O–H groups in total. The van der Waals surface area contributed by atoms with Gasteiger partial charge in [0.15, 0.2) is 0 Å². The number of hydrogen-bond donors (Lipinski definition) is 1. The van der Waals surface area contributed by atoms with Gasteiger partial charge in [0.05, 0.1) is 24.0 Å². The number of nitrogens with zero attached hydrogens (tertiary/aromatic N) is 3. The summed E-state index contributed by atoms with van der Waals surface area (Å²) in [6.07, 6.45) is 0. The van der Waals surface area contributed by atoms with Crippen molar-refractivity contribution in [2.75, 3.05) is 12.8 Å². The molecule has 5 heteroatoms. The van der Waals surface area contributed by atoms with Gasteiger partial charge in [-0.15, -0.1) is 0 Å². The van der Waals surface area contributed by atoms with E-state index in [1.165, 1.54) is 0 Å². The molecule has 0 saturated heterocycles. The van der Waals surface area contributed by atoms with Crippen molar-refractivity contribution in [1.82, 2.24) is 15.0 Å². The molecule has 1 aromatic carbocycles. The number of benzene rings is 1. The molecule has 94 valence electrons. The van der Waals surface area contributed by atoms with Crippen LogP contribution in [0.25, 0.3) is 22.3 Å². The molecule has 2 aromatic heterocycles. The summed E-state index contributed by atoms with van der Waals surface area (Å²) >= 11 is 0. The SMILES string of the molecule is COc1cc(-c2ccc3ccccc3n2)nc(N)n1. The highest BCUT2D eigenvalue weighted by Crippen LogP contribution is 2.22. The second-order valence-electron chi connectivity index (χ2n) is 4.04. The van der Waals surface area contributed by atoms with Gasteiger partial charge >= 0.3 is 0 Å². The Hall–Kier alpha value is -2.69. The number of nitrogen functional groups attached to an aromatic ring is 1. The van der Waals surface area contributed by atoms with Crippen LogP contribution >= 0.6 is 0 Å². The molecule has 0 spiro atoms. The van der Waals surface area contributed by atoms with Crippen molar-refractivity contribution in [2.24, 2.45) is 0 Å². The Bertz CT molecular complexity index is 742. The Balaban J connectivity index is 2.15. The number of aromatic nitrogens is 3. The van der Waals surface area contributed by atoms with E-state index in [-0.39, 0.29) is 5.95 Å². The summed E-state index contributed by atoms with van der Waals surface area (Å²) in [5.74, 6) is 0.599. The molecular weight excluding hydrogens is 240 g/mol. The first kappa shape index (κ1) is 11.4. The van der Waals surface area contributed by atoms with Gasteiger partial charge in [-0.05, 0) is 12.1 Å². The normalized spacial score (nSPS) is 10.6. The number of hydrogen-bond acceptors (Lipinski definition) is 5. The first-order valence-electron chi connectivity index (χ1n) is 5.81. The van der Waals surface area contributed by atoms with Crippen molar-refractivity contribution in [2.45, 2.75) is 0 Å². The number of anilines is 1. The van der Waals surface area contributed by atoms with Crippen LogP contribution in [0.1, 0.15) is 0 Å². The van der Waals surface area contributed by atoms with Gasteiger partial charge in [0.25, 0.3) is 0 Å². The molecule has 19 heavy (non-hydrogen) atoms. The molecule has 0 aliphatic carbocycles. The minimum absolute atomic E-state index is 0.171. The van der Waals surface area contributed by atoms with Crippen molar-refractivity contribution in [1.29, 1.82) is 0 Å². The van der Waals surface area contributed by atoms with Crippen molar-refractivity contribution >= 4 is 16.9 Å². The average molecular weight is 252 g/mol. The molecule has 0 bridgehead atoms. The van der Waals surface area contributed by atoms with Gasteiger partial charge in [-0.25, -0.2) is 9.97 Å². The molecule has 3 aromatic rings. The third-order valence-corrected chi connectivity index (χ3v) is 2.79. The first-order chi connectivity index (χ1) is 9.26. The Morgan fingerprint density at radius 3 is 2.63 bits per heavy atom. The summed E-state index contributed by atoms with van der Waals surface area (Å²) in [5.41, 5.74) is 7.96. The number of pyridine rings is 1. The quantitative estimate of drug-likeness (QED) is 0.757. The Morgan fingerprint density at radius 1 is 0.947 bits per heavy atom. The van der Waals surface area contributed by atoms with Crippen LogP contribution in [0.4, 0.5) is 5.95 Å². The molecule has 0 unspecified atom stereocenters. The number of fused-ring (bicyclic) bond motifs is 1. The van der Waals surface area contributed by atoms with Gasteiger partial charge in [0.1, 0.15) is 0 Å². The fourth-order valence-electron chi connectivity index (χ4n) is 1.89. The third-order valence-electron chi connectivity index (χ3n) is 2.79. The second kappa shape index (κ2) is 4.53. The lowest BCUT2D eigenvalue weighted by atomic mass is 10.2. The molecular formula is C14H12N4O. The Labute approximate surface area is 110 Å². The van der Waals surface area contributed by atoms with Crippen molar-refractivity contribution < 1.29 is 4.74 Å². The van der Waals surface area contributed by atoms with Gasteiger partial charge in [-0.1, -0.05) is 24.3 Å². The number of para-hydroxylation sites is 1. The van der Waals surface area contributed by atoms with Gasteiger partial charge in [0.2, 0.25) is 11.8 Å². The minimum atomic E-state index is 0.171. The van der Waals surface area contributed by atoms with Crippen LogP contribution in [-0.4, -0.2) is 22.1 Å². The van der Waals surface area contributed by atoms with Crippen molar-refractivity contribution in [3.05, 3.63) is 42.5 Å². The van der Waals surface area contributed by atoms with E-state index >= 15 is 0 Å². The molecule has 0 aliphatic rings. The number of ether oxygens (including phenoxy) is 1. The fraction of sp³-hybridized carbons (Fsp3) is 0.0714. The van der Waals surface area contributed by atoms with E-state index in [1.54, 1.807) is 13.2 Å². The fourth-order valence-corrected chi connectivity index (χ4v) is 1.89. The van der Waals surface area contributed by atoms with Gasteiger partial charge in [-0.2, -0.15) is 4.98 Å². The Morgan fingerprint density at radius 2 is 1.79 bits per heavy atom. The highest BCUT2D eigenvalue weighted by atomic mass is 16.5. The third kappa shape index (κ3) is 2.18. The predicted molar refractivity (Wildman–Crippen MR) is 73.7 cm³/mol. The maximum atomic E-state index is 5.65. The zero-order chi connectivity index (χ0) is 13.2. The lowest BCUT2D eigenvalue weighted by molar-refractivity contribution is 0.398. The molecule has 5 nitrogen and oxygen atoms in total. The van der Waals surface area contributed by atoms with E-state index < -0.39 is 0 Å². The maximum Gasteiger partial charge on any atom is 0.223 e. The first-order valence-corrected chi connectivity index (χ1v) is 5.81. The summed E-state index contributed by atoms with van der Waals surface area (Å²) in [5, 5.41) is 1.08. The summed E-state index contributed by atoms with van der Waals surface area (Å²) in [6, 6.07) is 13.5. The van der Waals surface area contributed by atoms with Crippen LogP contribution in [0.15, 0.2) is 42.5 Å². The lowest BCUT2D eigenvalue weighted by Crippen LogP contribution is -1.99. The van der Waals surface area contributed by atoms with Gasteiger partial charge in [-0.3, -0.25) is 0 Å². The van der Waals surface area contributed by atoms with Crippen LogP contribution in [0, 0.1) is 0 Å². The molecule has 0 amide bonds. The van der Waals surface area contributed by atoms with E-state index in [0.29, 0.717) is 11.6 Å². The van der Waals surface area contributed by atoms with Crippen LogP contribution in [0.2, 0.25) is 0 Å². The standard InChI is InChI=1S/C14H12N4O/c1-19-13-8-12(17-14(15)18-13)11-7-6-9-4-2-3-5-10(9)16-11/h2-8H,1H3,(H2,15,17,18). The number of rotatable bonds is 2. The summed E-state index contributed by atoms with van der Waals surface area (Å²) in [4.78, 5) is 12.7. The molecule has 0 fully saturated rings. The van der Waals surface area contributed by atoms with Crippen LogP contribution in [0.5, 0.6) is 5.88 Å². The monoisotopic (exact) mass is 252 g/mol. The minimum Gasteiger partial charge on any atom is -0.481 e. The number of nitrogens with two attached hydrogens (primary N) is 1. The van der Waals surface area contributed by atoms with Gasteiger partial charge < -0.3 is 10.5 Å². The second-order valence-corrected chi connectivity index (χ2v) is 4.04. The lowest BCUT2D eigenvalue weighted by Gasteiger charge is -2.05. The molecule has 0 atom stereocenters. The van der Waals surface area contributed by atoms with Crippen LogP contribution in [-0.2, 0) is 0 Å². The molecule has 2 heterocycles. The van der Waals surface area contributed by atoms with Crippen LogP contribution < -0.4 is 10.5 Å². The smallest absolute Gasteiger partial charge is 0.223 e. The van der Waals surface area contributed by atoms with E-state index in [2.05, 4.69) is 15.0 Å². The zero-order valence-corrected chi connectivity index (χ0v) is 10.4. The van der Waals surface area contributed by atoms with Gasteiger partial charge in [0, 0.05) is 11.5 Å². The van der Waals surface area contributed by atoms with E-state index in [0.717, 1.165) is 16.6 Å². The molecule has 3 rings (SSSR count). The van der Waals surface area contributed by atoms with E-state index in [4.69, 9.17) is 10.5 Å². The number of methoxy groups -OCH3 is 1. The largest absolute Gasteiger partial charge is 0.481 e. The van der Waals surface area contributed by atoms with Crippen LogP contribution in [0.3, 0.4) is 0 Å². The Kier molecular flexibility index (Phi) is 2.72. The predicted octanol–water partition coefficient (Wildman–Crippen LogP) is 2.28. The molecule has 0 saturated carbocycles. The van der Waals surface area contributed by atoms with Crippen molar-refractivity contribution in [3.63, 3.8) is 0 Å². The molecule has 0 radical (unpaired) electrons. The average Bonchev–Trinajstić information content (AvgIpc) is 2.46. The molecule has 0 aliphatic heterocycles. The summed E-state index contributed by atoms with van der Waals surface area (Å²) in [6.45, 7) is 0. The zero-order valence-electron chi connectivity index (χ0n) is 10.4. The highest BCUT2D eigenvalue weighted by Gasteiger charge is 2.07. The highest BCUT2D eigenvalue weighted by molar-refractivity contribution is 5.81.